The molecule has 17 heteroatoms. The number of carbonyl (C=O) groups is 3. The number of alkyl halides is 1. The molecular formula is C27H20BrN3O13. The molecular weight excluding hydrogens is 654 g/mol. The van der Waals surface area contributed by atoms with Gasteiger partial charge < -0.3 is 18.9 Å². The number of esters is 3. The van der Waals surface area contributed by atoms with Crippen LogP contribution in [0.15, 0.2) is 72.8 Å². The van der Waals surface area contributed by atoms with E-state index in [0.29, 0.717) is 0 Å². The van der Waals surface area contributed by atoms with Crippen molar-refractivity contribution < 1.29 is 48.1 Å². The highest BCUT2D eigenvalue weighted by molar-refractivity contribution is 9.09. The van der Waals surface area contributed by atoms with Gasteiger partial charge in [-0.3, -0.25) is 30.3 Å². The number of nitro groups is 3. The summed E-state index contributed by atoms with van der Waals surface area (Å²) in [6, 6.07) is 13.7. The van der Waals surface area contributed by atoms with Gasteiger partial charge >= 0.3 is 17.9 Å². The molecule has 228 valence electrons. The molecule has 3 aromatic carbocycles. The Hall–Kier alpha value is -5.29. The van der Waals surface area contributed by atoms with Crippen molar-refractivity contribution in [3.8, 4) is 0 Å². The lowest BCUT2D eigenvalue weighted by Gasteiger charge is -2.38. The maximum absolute atomic E-state index is 13.0. The Balaban J connectivity index is 1.55. The topological polar surface area (TPSA) is 218 Å². The molecule has 1 aliphatic heterocycles. The number of non-ortho nitro benzene ring substituents is 3. The molecule has 44 heavy (non-hydrogen) atoms. The largest absolute Gasteiger partial charge is 0.459 e. The second kappa shape index (κ2) is 13.8. The number of hydrogen-bond donors (Lipinski definition) is 0. The van der Waals surface area contributed by atoms with E-state index >= 15 is 0 Å². The highest BCUT2D eigenvalue weighted by atomic mass is 79.9. The third kappa shape index (κ3) is 7.75. The van der Waals surface area contributed by atoms with Crippen molar-refractivity contribution in [3.63, 3.8) is 0 Å². The third-order valence-corrected chi connectivity index (χ3v) is 6.88. The van der Waals surface area contributed by atoms with Crippen molar-refractivity contribution in [1.29, 1.82) is 0 Å². The fraction of sp³-hybridized carbons (Fsp3) is 0.222. The zero-order chi connectivity index (χ0) is 32.0. The van der Waals surface area contributed by atoms with Crippen LogP contribution in [-0.2, 0) is 18.9 Å². The summed E-state index contributed by atoms with van der Waals surface area (Å²) in [7, 11) is 0. The Kier molecular flexibility index (Phi) is 9.92. The minimum atomic E-state index is -1.36. The van der Waals surface area contributed by atoms with Crippen LogP contribution < -0.4 is 0 Å². The van der Waals surface area contributed by atoms with Crippen molar-refractivity contribution in [2.24, 2.45) is 0 Å². The van der Waals surface area contributed by atoms with Crippen LogP contribution in [0.2, 0.25) is 0 Å². The zero-order valence-electron chi connectivity index (χ0n) is 22.2. The number of nitro benzene ring substituents is 3. The summed E-state index contributed by atoms with van der Waals surface area (Å²) in [5.74, 6) is -2.73. The van der Waals surface area contributed by atoms with Gasteiger partial charge in [-0.2, -0.15) is 0 Å². The van der Waals surface area contributed by atoms with E-state index in [-0.39, 0.29) is 40.2 Å². The summed E-state index contributed by atoms with van der Waals surface area (Å²) in [5.41, 5.74) is -0.875. The number of nitrogens with zero attached hydrogens (tertiary/aromatic N) is 3. The third-order valence-electron chi connectivity index (χ3n) is 6.29. The molecule has 0 bridgehead atoms. The average Bonchev–Trinajstić information content (AvgIpc) is 3.01. The van der Waals surface area contributed by atoms with Crippen molar-refractivity contribution >= 4 is 50.9 Å². The first kappa shape index (κ1) is 31.6. The maximum Gasteiger partial charge on any atom is 0.338 e. The Morgan fingerprint density at radius 1 is 0.682 bits per heavy atom. The van der Waals surface area contributed by atoms with E-state index in [1.165, 1.54) is 36.4 Å². The molecule has 4 unspecified atom stereocenters. The molecule has 0 aromatic heterocycles. The molecule has 0 saturated carbocycles. The first-order valence-electron chi connectivity index (χ1n) is 12.5. The van der Waals surface area contributed by atoms with Gasteiger partial charge in [0.05, 0.1) is 31.5 Å². The van der Waals surface area contributed by atoms with E-state index in [2.05, 4.69) is 15.9 Å². The van der Waals surface area contributed by atoms with Crippen LogP contribution in [0, 0.1) is 30.3 Å². The van der Waals surface area contributed by atoms with Gasteiger partial charge in [0.1, 0.15) is 23.8 Å². The van der Waals surface area contributed by atoms with Gasteiger partial charge in [0.2, 0.25) is 0 Å². The van der Waals surface area contributed by atoms with Crippen LogP contribution in [-0.4, -0.2) is 62.6 Å². The van der Waals surface area contributed by atoms with Crippen LogP contribution in [0.4, 0.5) is 17.1 Å². The van der Waals surface area contributed by atoms with Gasteiger partial charge in [-0.05, 0) is 36.4 Å². The first-order chi connectivity index (χ1) is 20.9. The summed E-state index contributed by atoms with van der Waals surface area (Å²) in [5, 5.41) is 32.1. The van der Waals surface area contributed by atoms with Gasteiger partial charge in [-0.1, -0.05) is 15.9 Å². The number of hydrogen-bond acceptors (Lipinski definition) is 13. The lowest BCUT2D eigenvalue weighted by Crippen LogP contribution is -2.52. The normalized spacial score (nSPS) is 19.3. The monoisotopic (exact) mass is 673 g/mol. The number of rotatable bonds is 10. The summed E-state index contributed by atoms with van der Waals surface area (Å²) in [6.45, 7) is -0.512. The quantitative estimate of drug-likeness (QED) is 0.0950. The summed E-state index contributed by atoms with van der Waals surface area (Å²) in [4.78, 5) is 69.5. The molecule has 0 amide bonds. The predicted octanol–water partition coefficient (Wildman–Crippen LogP) is 4.53. The van der Waals surface area contributed by atoms with Crippen molar-refractivity contribution in [1.82, 2.24) is 0 Å². The van der Waals surface area contributed by atoms with Crippen LogP contribution in [0.25, 0.3) is 0 Å². The van der Waals surface area contributed by atoms with E-state index < -0.39 is 62.6 Å². The highest BCUT2D eigenvalue weighted by Gasteiger charge is 2.44. The summed E-state index contributed by atoms with van der Waals surface area (Å²) >= 11 is 3.28. The SMILES string of the molecule is O=C(OCC1OC(Br)CC(OC(=O)c2ccc([N+](=O)[O-])cc2)C1OC(=O)c1ccc([N+](=O)[O-])cc1)c1ccc([N+](=O)[O-])cc1. The lowest BCUT2D eigenvalue weighted by molar-refractivity contribution is -0.385. The van der Waals surface area contributed by atoms with Gasteiger partial charge in [0.25, 0.3) is 17.1 Å². The Morgan fingerprint density at radius 2 is 1.07 bits per heavy atom. The smallest absolute Gasteiger partial charge is 0.338 e. The zero-order valence-corrected chi connectivity index (χ0v) is 23.8. The lowest BCUT2D eigenvalue weighted by atomic mass is 10.0. The molecule has 4 atom stereocenters. The molecule has 1 fully saturated rings. The number of carbonyl (C=O) groups excluding carboxylic acids is 3. The molecule has 0 N–H and O–H groups in total. The molecule has 0 radical (unpaired) electrons. The highest BCUT2D eigenvalue weighted by Crippen LogP contribution is 2.30. The van der Waals surface area contributed by atoms with Crippen LogP contribution in [0.3, 0.4) is 0 Å². The van der Waals surface area contributed by atoms with Crippen molar-refractivity contribution in [2.75, 3.05) is 6.61 Å². The van der Waals surface area contributed by atoms with Gasteiger partial charge in [-0.25, -0.2) is 14.4 Å². The van der Waals surface area contributed by atoms with Crippen LogP contribution >= 0.6 is 15.9 Å². The number of ether oxygens (including phenoxy) is 4. The second-order valence-electron chi connectivity index (χ2n) is 9.14. The minimum absolute atomic E-state index is 0.0117. The Bertz CT molecular complexity index is 1580. The van der Waals surface area contributed by atoms with Gasteiger partial charge in [0.15, 0.2) is 6.10 Å². The Morgan fingerprint density at radius 3 is 1.48 bits per heavy atom. The van der Waals surface area contributed by atoms with E-state index in [1.54, 1.807) is 0 Å². The minimum Gasteiger partial charge on any atom is -0.459 e. The van der Waals surface area contributed by atoms with Gasteiger partial charge in [-0.15, -0.1) is 0 Å². The summed E-state index contributed by atoms with van der Waals surface area (Å²) in [6.07, 6.45) is -3.78. The van der Waals surface area contributed by atoms with E-state index in [9.17, 15) is 44.7 Å². The standard InChI is InChI=1S/C27H20BrN3O13/c28-23-13-21(43-26(33)16-3-9-19(10-4-16)30(37)38)24(44-27(34)17-5-11-20(12-6-17)31(39)40)22(42-23)14-41-25(32)15-1-7-18(8-2-15)29(35)36/h1-12,21-24H,13-14H2. The molecule has 16 nitrogen and oxygen atoms in total. The van der Waals surface area contributed by atoms with Crippen LogP contribution in [0.1, 0.15) is 37.5 Å². The molecule has 1 saturated heterocycles. The number of halogens is 1. The Labute approximate surface area is 255 Å². The first-order valence-corrected chi connectivity index (χ1v) is 13.5. The van der Waals surface area contributed by atoms with Gasteiger partial charge in [0, 0.05) is 42.8 Å². The average molecular weight is 674 g/mol. The van der Waals surface area contributed by atoms with E-state index in [4.69, 9.17) is 18.9 Å². The van der Waals surface area contributed by atoms with Crippen molar-refractivity contribution in [3.05, 3.63) is 120 Å². The predicted molar refractivity (Wildman–Crippen MR) is 150 cm³/mol. The van der Waals surface area contributed by atoms with Crippen LogP contribution in [0.5, 0.6) is 0 Å². The fourth-order valence-electron chi connectivity index (χ4n) is 4.08. The fourth-order valence-corrected chi connectivity index (χ4v) is 4.72. The molecule has 3 aromatic rings. The van der Waals surface area contributed by atoms with Crippen molar-refractivity contribution in [2.45, 2.75) is 29.7 Å². The second-order valence-corrected chi connectivity index (χ2v) is 10.2. The molecule has 1 heterocycles. The van der Waals surface area contributed by atoms with E-state index in [1.807, 2.05) is 0 Å². The summed E-state index contributed by atoms with van der Waals surface area (Å²) < 4.78 is 22.4. The number of benzene rings is 3. The molecule has 1 aliphatic rings. The molecule has 4 rings (SSSR count). The van der Waals surface area contributed by atoms with E-state index in [0.717, 1.165) is 36.4 Å². The maximum atomic E-state index is 13.0. The molecule has 0 aliphatic carbocycles. The molecule has 0 spiro atoms.